The molecule has 0 atom stereocenters. The van der Waals surface area contributed by atoms with Crippen LogP contribution in [-0.2, 0) is 11.3 Å². The van der Waals surface area contributed by atoms with Crippen molar-refractivity contribution in [2.75, 3.05) is 31.5 Å². The summed E-state index contributed by atoms with van der Waals surface area (Å²) < 4.78 is 1.85. The second kappa shape index (κ2) is 10.7. The van der Waals surface area contributed by atoms with Crippen molar-refractivity contribution in [3.05, 3.63) is 89.8 Å². The first-order chi connectivity index (χ1) is 17.6. The maximum atomic E-state index is 13.1. The Labute approximate surface area is 213 Å². The fraction of sp³-hybridized carbons (Fsp3) is 0.185. The smallest absolute Gasteiger partial charge is 0.256 e. The van der Waals surface area contributed by atoms with Crippen molar-refractivity contribution in [3.63, 3.8) is 0 Å². The SMILES string of the molecule is O=C(Nc1cc(-c2c(-c3ccc(Cl)cc3)ncn2CC(=O)N2CCNCC2)ccn1)c1ccccc1. The molecule has 182 valence electrons. The van der Waals surface area contributed by atoms with E-state index in [-0.39, 0.29) is 18.4 Å². The van der Waals surface area contributed by atoms with Gasteiger partial charge in [-0.05, 0) is 36.4 Å². The van der Waals surface area contributed by atoms with E-state index in [2.05, 4.69) is 20.6 Å². The Bertz CT molecular complexity index is 1360. The maximum absolute atomic E-state index is 13.1. The molecule has 2 aromatic carbocycles. The molecule has 0 aliphatic carbocycles. The highest BCUT2D eigenvalue weighted by atomic mass is 35.5. The third-order valence-electron chi connectivity index (χ3n) is 6.04. The lowest BCUT2D eigenvalue weighted by molar-refractivity contribution is -0.132. The molecule has 36 heavy (non-hydrogen) atoms. The lowest BCUT2D eigenvalue weighted by Crippen LogP contribution is -2.47. The van der Waals surface area contributed by atoms with Crippen LogP contribution in [0.15, 0.2) is 79.3 Å². The number of halogens is 1. The Morgan fingerprint density at radius 3 is 2.44 bits per heavy atom. The lowest BCUT2D eigenvalue weighted by atomic mass is 10.1. The van der Waals surface area contributed by atoms with Crippen LogP contribution in [0.1, 0.15) is 10.4 Å². The van der Waals surface area contributed by atoms with Gasteiger partial charge in [0.1, 0.15) is 12.4 Å². The molecular formula is C27H25ClN6O2. The number of aromatic nitrogens is 3. The Balaban J connectivity index is 1.49. The van der Waals surface area contributed by atoms with Gasteiger partial charge in [0, 0.05) is 54.1 Å². The predicted molar refractivity (Wildman–Crippen MR) is 140 cm³/mol. The number of nitrogens with zero attached hydrogens (tertiary/aromatic N) is 4. The average molecular weight is 501 g/mol. The zero-order chi connectivity index (χ0) is 24.9. The number of amides is 2. The van der Waals surface area contributed by atoms with Crippen molar-refractivity contribution in [2.24, 2.45) is 0 Å². The number of rotatable bonds is 6. The van der Waals surface area contributed by atoms with Gasteiger partial charge in [0.2, 0.25) is 5.91 Å². The zero-order valence-corrected chi connectivity index (χ0v) is 20.3. The van der Waals surface area contributed by atoms with Crippen LogP contribution in [0.25, 0.3) is 22.5 Å². The number of pyridine rings is 1. The number of carbonyl (C=O) groups is 2. The molecule has 0 unspecified atom stereocenters. The van der Waals surface area contributed by atoms with E-state index in [9.17, 15) is 9.59 Å². The number of carbonyl (C=O) groups excluding carboxylic acids is 2. The first-order valence-electron chi connectivity index (χ1n) is 11.7. The summed E-state index contributed by atoms with van der Waals surface area (Å²) in [6.07, 6.45) is 3.32. The molecule has 1 aliphatic heterocycles. The zero-order valence-electron chi connectivity index (χ0n) is 19.5. The number of benzene rings is 2. The first-order valence-corrected chi connectivity index (χ1v) is 12.1. The maximum Gasteiger partial charge on any atom is 0.256 e. The van der Waals surface area contributed by atoms with E-state index < -0.39 is 0 Å². The summed E-state index contributed by atoms with van der Waals surface area (Å²) in [4.78, 5) is 36.6. The van der Waals surface area contributed by atoms with E-state index in [1.54, 1.807) is 30.7 Å². The molecule has 2 amide bonds. The molecular weight excluding hydrogens is 476 g/mol. The quantitative estimate of drug-likeness (QED) is 0.418. The van der Waals surface area contributed by atoms with Crippen molar-refractivity contribution in [1.29, 1.82) is 0 Å². The number of hydrogen-bond donors (Lipinski definition) is 2. The molecule has 1 saturated heterocycles. The average Bonchev–Trinajstić information content (AvgIpc) is 3.33. The van der Waals surface area contributed by atoms with Crippen LogP contribution in [0.3, 0.4) is 0 Å². The molecule has 1 fully saturated rings. The summed E-state index contributed by atoms with van der Waals surface area (Å²) in [5.74, 6) is 0.189. The van der Waals surface area contributed by atoms with Crippen molar-refractivity contribution >= 4 is 29.2 Å². The Kier molecular flexibility index (Phi) is 7.06. The van der Waals surface area contributed by atoms with E-state index in [0.717, 1.165) is 29.9 Å². The highest BCUT2D eigenvalue weighted by Crippen LogP contribution is 2.33. The number of anilines is 1. The molecule has 2 N–H and O–H groups in total. The summed E-state index contributed by atoms with van der Waals surface area (Å²) in [6.45, 7) is 3.08. The topological polar surface area (TPSA) is 92.2 Å². The van der Waals surface area contributed by atoms with Crippen LogP contribution in [0.2, 0.25) is 5.02 Å². The summed E-state index contributed by atoms with van der Waals surface area (Å²) >= 11 is 6.11. The first kappa shape index (κ1) is 23.7. The minimum Gasteiger partial charge on any atom is -0.339 e. The van der Waals surface area contributed by atoms with Gasteiger partial charge in [-0.15, -0.1) is 0 Å². The van der Waals surface area contributed by atoms with E-state index in [4.69, 9.17) is 11.6 Å². The molecule has 9 heteroatoms. The van der Waals surface area contributed by atoms with Crippen molar-refractivity contribution < 1.29 is 9.59 Å². The molecule has 0 bridgehead atoms. The standard InChI is InChI=1S/C27H25ClN6O2/c28-22-8-6-19(7-9-22)25-26(34(18-31-25)17-24(35)33-14-12-29-13-15-33)21-10-11-30-23(16-21)32-27(36)20-4-2-1-3-5-20/h1-11,16,18,29H,12-15,17H2,(H,30,32,36). The van der Waals surface area contributed by atoms with Crippen molar-refractivity contribution in [1.82, 2.24) is 24.8 Å². The van der Waals surface area contributed by atoms with E-state index >= 15 is 0 Å². The van der Waals surface area contributed by atoms with Crippen LogP contribution in [0, 0.1) is 0 Å². The van der Waals surface area contributed by atoms with Crippen LogP contribution < -0.4 is 10.6 Å². The Hall–Kier alpha value is -4.01. The van der Waals surface area contributed by atoms with Crippen LogP contribution in [0.5, 0.6) is 0 Å². The van der Waals surface area contributed by atoms with E-state index in [1.165, 1.54) is 0 Å². The summed E-state index contributed by atoms with van der Waals surface area (Å²) in [5.41, 5.74) is 3.67. The lowest BCUT2D eigenvalue weighted by Gasteiger charge is -2.27. The third kappa shape index (κ3) is 5.30. The highest BCUT2D eigenvalue weighted by Gasteiger charge is 2.21. The van der Waals surface area contributed by atoms with Crippen LogP contribution in [0.4, 0.5) is 5.82 Å². The molecule has 8 nitrogen and oxygen atoms in total. The molecule has 0 saturated carbocycles. The summed E-state index contributed by atoms with van der Waals surface area (Å²) in [6, 6.07) is 20.0. The number of imidazole rings is 1. The minimum absolute atomic E-state index is 0.0319. The molecule has 0 radical (unpaired) electrons. The van der Waals surface area contributed by atoms with Crippen LogP contribution >= 0.6 is 11.6 Å². The molecule has 2 aromatic heterocycles. The van der Waals surface area contributed by atoms with Crippen molar-refractivity contribution in [2.45, 2.75) is 6.54 Å². The van der Waals surface area contributed by atoms with Gasteiger partial charge in [0.05, 0.1) is 17.7 Å². The molecule has 4 aromatic rings. The second-order valence-corrected chi connectivity index (χ2v) is 8.89. The van der Waals surface area contributed by atoms with Gasteiger partial charge in [0.25, 0.3) is 5.91 Å². The molecule has 5 rings (SSSR count). The van der Waals surface area contributed by atoms with Crippen LogP contribution in [-0.4, -0.2) is 57.4 Å². The monoisotopic (exact) mass is 500 g/mol. The van der Waals surface area contributed by atoms with E-state index in [1.807, 2.05) is 58.0 Å². The van der Waals surface area contributed by atoms with Gasteiger partial charge in [0.15, 0.2) is 0 Å². The summed E-state index contributed by atoms with van der Waals surface area (Å²) in [5, 5.41) is 6.76. The van der Waals surface area contributed by atoms with Gasteiger partial charge in [-0.2, -0.15) is 0 Å². The Morgan fingerprint density at radius 1 is 0.944 bits per heavy atom. The molecule has 0 spiro atoms. The van der Waals surface area contributed by atoms with Gasteiger partial charge in [-0.3, -0.25) is 9.59 Å². The van der Waals surface area contributed by atoms with E-state index in [0.29, 0.717) is 35.2 Å². The number of hydrogen-bond acceptors (Lipinski definition) is 5. The number of piperazine rings is 1. The van der Waals surface area contributed by atoms with Gasteiger partial charge >= 0.3 is 0 Å². The van der Waals surface area contributed by atoms with Crippen molar-refractivity contribution in [3.8, 4) is 22.5 Å². The van der Waals surface area contributed by atoms with Gasteiger partial charge in [-0.1, -0.05) is 41.9 Å². The predicted octanol–water partition coefficient (Wildman–Crippen LogP) is 3.95. The van der Waals surface area contributed by atoms with Gasteiger partial charge < -0.3 is 20.1 Å². The van der Waals surface area contributed by atoms with Gasteiger partial charge in [-0.25, -0.2) is 9.97 Å². The molecule has 1 aliphatic rings. The molecule has 3 heterocycles. The minimum atomic E-state index is -0.249. The normalized spacial score (nSPS) is 13.4. The largest absolute Gasteiger partial charge is 0.339 e. The second-order valence-electron chi connectivity index (χ2n) is 8.46. The fourth-order valence-electron chi connectivity index (χ4n) is 4.21. The summed E-state index contributed by atoms with van der Waals surface area (Å²) in [7, 11) is 0. The fourth-order valence-corrected chi connectivity index (χ4v) is 4.33. The highest BCUT2D eigenvalue weighted by molar-refractivity contribution is 6.30. The Morgan fingerprint density at radius 2 is 1.69 bits per heavy atom. The third-order valence-corrected chi connectivity index (χ3v) is 6.29. The number of nitrogens with one attached hydrogen (secondary N) is 2.